The topological polar surface area (TPSA) is 36.9 Å². The summed E-state index contributed by atoms with van der Waals surface area (Å²) < 4.78 is 25.5. The van der Waals surface area contributed by atoms with Crippen LogP contribution in [0.3, 0.4) is 0 Å². The van der Waals surface area contributed by atoms with Gasteiger partial charge in [0, 0.05) is 5.56 Å². The van der Waals surface area contributed by atoms with Crippen molar-refractivity contribution in [2.45, 2.75) is 136 Å². The maximum Gasteiger partial charge on any atom is 0.208 e. The zero-order valence-electron chi connectivity index (χ0n) is 26.9. The monoisotopic (exact) mass is 568 g/mol. The Bertz CT molecular complexity index is 896. The summed E-state index contributed by atoms with van der Waals surface area (Å²) in [4.78, 5) is 0. The van der Waals surface area contributed by atoms with Crippen molar-refractivity contribution in [2.75, 3.05) is 26.9 Å². The summed E-state index contributed by atoms with van der Waals surface area (Å²) >= 11 is 0. The minimum atomic E-state index is 0.645. The van der Waals surface area contributed by atoms with Crippen molar-refractivity contribution in [2.24, 2.45) is 0 Å². The van der Waals surface area contributed by atoms with E-state index < -0.39 is 0 Å². The highest BCUT2D eigenvalue weighted by Gasteiger charge is 2.24. The highest BCUT2D eigenvalue weighted by atomic mass is 16.6. The van der Waals surface area contributed by atoms with E-state index in [1.807, 2.05) is 6.07 Å². The van der Waals surface area contributed by atoms with E-state index in [-0.39, 0.29) is 0 Å². The van der Waals surface area contributed by atoms with E-state index in [0.29, 0.717) is 31.3 Å². The molecule has 2 aromatic rings. The molecule has 0 bridgehead atoms. The van der Waals surface area contributed by atoms with Crippen molar-refractivity contribution >= 4 is 0 Å². The van der Waals surface area contributed by atoms with Crippen LogP contribution in [0.15, 0.2) is 36.4 Å². The van der Waals surface area contributed by atoms with Gasteiger partial charge in [0.25, 0.3) is 0 Å². The molecule has 0 radical (unpaired) electrons. The fourth-order valence-corrected chi connectivity index (χ4v) is 5.19. The molecule has 0 aliphatic heterocycles. The second-order valence-electron chi connectivity index (χ2n) is 11.3. The summed E-state index contributed by atoms with van der Waals surface area (Å²) in [7, 11) is 1.73. The van der Waals surface area contributed by atoms with Gasteiger partial charge in [-0.15, -0.1) is 0 Å². The Morgan fingerprint density at radius 3 is 1.39 bits per heavy atom. The quantitative estimate of drug-likeness (QED) is 0.106. The number of benzene rings is 2. The van der Waals surface area contributed by atoms with Crippen molar-refractivity contribution in [3.05, 3.63) is 36.4 Å². The van der Waals surface area contributed by atoms with E-state index in [0.717, 1.165) is 41.9 Å². The molecule has 0 fully saturated rings. The molecular formula is C37H60O4. The van der Waals surface area contributed by atoms with Crippen LogP contribution in [0.25, 0.3) is 11.1 Å². The molecule has 2 aromatic carbocycles. The van der Waals surface area contributed by atoms with Gasteiger partial charge in [0.05, 0.1) is 26.9 Å². The van der Waals surface area contributed by atoms with Gasteiger partial charge in [0.2, 0.25) is 11.5 Å². The van der Waals surface area contributed by atoms with Gasteiger partial charge in [0.15, 0.2) is 11.5 Å². The summed E-state index contributed by atoms with van der Waals surface area (Å²) in [5.74, 6) is 2.88. The predicted molar refractivity (Wildman–Crippen MR) is 175 cm³/mol. The lowest BCUT2D eigenvalue weighted by Gasteiger charge is -2.22. The second-order valence-corrected chi connectivity index (χ2v) is 11.3. The normalized spacial score (nSPS) is 11.0. The standard InChI is InChI=1S/C37H60O4/c1-5-8-11-14-16-19-25-30-41-37-35(38-4)33(32-26-21-20-22-27-32)31-34(39-28-23-17-13-10-7-3)36(37)40-29-24-18-15-12-9-6-2/h20-22,26-27,31H,5-19,23-25,28-30H2,1-4H3. The Labute approximate surface area is 252 Å². The third kappa shape index (κ3) is 13.9. The number of rotatable bonds is 26. The van der Waals surface area contributed by atoms with Crippen LogP contribution in [0, 0.1) is 0 Å². The highest BCUT2D eigenvalue weighted by molar-refractivity contribution is 5.79. The lowest BCUT2D eigenvalue weighted by molar-refractivity contribution is 0.227. The number of methoxy groups -OCH3 is 1. The Balaban J connectivity index is 2.25. The molecule has 0 aliphatic carbocycles. The molecule has 0 unspecified atom stereocenters. The Morgan fingerprint density at radius 2 is 0.902 bits per heavy atom. The van der Waals surface area contributed by atoms with E-state index in [2.05, 4.69) is 51.1 Å². The largest absolute Gasteiger partial charge is 0.492 e. The minimum Gasteiger partial charge on any atom is -0.492 e. The molecule has 0 saturated heterocycles. The van der Waals surface area contributed by atoms with E-state index in [1.165, 1.54) is 96.3 Å². The maximum atomic E-state index is 6.53. The molecule has 0 spiro atoms. The van der Waals surface area contributed by atoms with Crippen LogP contribution in [0.4, 0.5) is 0 Å². The number of unbranched alkanes of at least 4 members (excludes halogenated alkanes) is 15. The van der Waals surface area contributed by atoms with Gasteiger partial charge >= 0.3 is 0 Å². The van der Waals surface area contributed by atoms with Crippen molar-refractivity contribution in [3.8, 4) is 34.1 Å². The lowest BCUT2D eigenvalue weighted by Crippen LogP contribution is -2.08. The average Bonchev–Trinajstić information content (AvgIpc) is 3.00. The van der Waals surface area contributed by atoms with Gasteiger partial charge in [-0.25, -0.2) is 0 Å². The van der Waals surface area contributed by atoms with E-state index >= 15 is 0 Å². The molecule has 0 aromatic heterocycles. The molecule has 0 aliphatic rings. The molecule has 0 heterocycles. The number of ether oxygens (including phenoxy) is 4. The fourth-order valence-electron chi connectivity index (χ4n) is 5.19. The molecule has 2 rings (SSSR count). The smallest absolute Gasteiger partial charge is 0.208 e. The van der Waals surface area contributed by atoms with E-state index in [9.17, 15) is 0 Å². The zero-order chi connectivity index (χ0) is 29.4. The number of hydrogen-bond acceptors (Lipinski definition) is 4. The molecule has 0 amide bonds. The van der Waals surface area contributed by atoms with Gasteiger partial charge < -0.3 is 18.9 Å². The molecule has 0 atom stereocenters. The third-order valence-corrected chi connectivity index (χ3v) is 7.69. The summed E-state index contributed by atoms with van der Waals surface area (Å²) in [5.41, 5.74) is 2.07. The Kier molecular flexibility index (Phi) is 19.7. The summed E-state index contributed by atoms with van der Waals surface area (Å²) in [5, 5.41) is 0. The SMILES string of the molecule is CCCCCCCCCOc1c(OCCCCCCCC)c(OCCCCCCC)cc(-c2ccccc2)c1OC. The van der Waals surface area contributed by atoms with E-state index in [4.69, 9.17) is 18.9 Å². The van der Waals surface area contributed by atoms with Crippen LogP contribution >= 0.6 is 0 Å². The first-order valence-electron chi connectivity index (χ1n) is 17.0. The molecule has 0 saturated carbocycles. The first-order valence-corrected chi connectivity index (χ1v) is 17.0. The van der Waals surface area contributed by atoms with Crippen molar-refractivity contribution in [1.29, 1.82) is 0 Å². The van der Waals surface area contributed by atoms with Crippen molar-refractivity contribution in [1.82, 2.24) is 0 Å². The van der Waals surface area contributed by atoms with Crippen LogP contribution in [-0.2, 0) is 0 Å². The first kappa shape index (κ1) is 34.8. The van der Waals surface area contributed by atoms with Gasteiger partial charge in [-0.1, -0.05) is 147 Å². The third-order valence-electron chi connectivity index (χ3n) is 7.69. The zero-order valence-corrected chi connectivity index (χ0v) is 26.9. The van der Waals surface area contributed by atoms with Crippen molar-refractivity contribution < 1.29 is 18.9 Å². The molecule has 0 N–H and O–H groups in total. The summed E-state index contributed by atoms with van der Waals surface area (Å²) in [6.45, 7) is 8.75. The van der Waals surface area contributed by atoms with Gasteiger partial charge in [0.1, 0.15) is 0 Å². The first-order chi connectivity index (χ1) is 20.3. The fraction of sp³-hybridized carbons (Fsp3) is 0.676. The molecule has 4 heteroatoms. The van der Waals surface area contributed by atoms with E-state index in [1.54, 1.807) is 7.11 Å². The summed E-state index contributed by atoms with van der Waals surface area (Å²) in [6.07, 6.45) is 22.1. The predicted octanol–water partition coefficient (Wildman–Crippen LogP) is 11.6. The molecule has 41 heavy (non-hydrogen) atoms. The van der Waals surface area contributed by atoms with Crippen LogP contribution in [0.2, 0.25) is 0 Å². The molecular weight excluding hydrogens is 508 g/mol. The Hall–Kier alpha value is -2.36. The van der Waals surface area contributed by atoms with Crippen LogP contribution in [0.1, 0.15) is 136 Å². The highest BCUT2D eigenvalue weighted by Crippen LogP contribution is 2.50. The van der Waals surface area contributed by atoms with Crippen molar-refractivity contribution in [3.63, 3.8) is 0 Å². The van der Waals surface area contributed by atoms with Gasteiger partial charge in [-0.05, 0) is 30.9 Å². The maximum absolute atomic E-state index is 6.53. The summed E-state index contributed by atoms with van der Waals surface area (Å²) in [6, 6.07) is 12.5. The molecule has 4 nitrogen and oxygen atoms in total. The van der Waals surface area contributed by atoms with Gasteiger partial charge in [-0.3, -0.25) is 0 Å². The van der Waals surface area contributed by atoms with Crippen LogP contribution in [-0.4, -0.2) is 26.9 Å². The second kappa shape index (κ2) is 23.2. The Morgan fingerprint density at radius 1 is 0.463 bits per heavy atom. The minimum absolute atomic E-state index is 0.645. The van der Waals surface area contributed by atoms with Gasteiger partial charge in [-0.2, -0.15) is 0 Å². The number of hydrogen-bond donors (Lipinski definition) is 0. The molecule has 232 valence electrons. The van der Waals surface area contributed by atoms with Crippen LogP contribution < -0.4 is 18.9 Å². The average molecular weight is 569 g/mol. The lowest BCUT2D eigenvalue weighted by atomic mass is 10.0. The van der Waals surface area contributed by atoms with Crippen LogP contribution in [0.5, 0.6) is 23.0 Å².